The second-order valence-corrected chi connectivity index (χ2v) is 6.71. The van der Waals surface area contributed by atoms with Crippen molar-refractivity contribution < 1.29 is 0 Å². The average molecular weight is 246 g/mol. The maximum atomic E-state index is 3.60. The molecule has 0 bridgehead atoms. The Morgan fingerprint density at radius 2 is 2.00 bits per heavy atom. The molecule has 2 rings (SSSR count). The monoisotopic (exact) mass is 246 g/mol. The lowest BCUT2D eigenvalue weighted by Gasteiger charge is -2.32. The second kappa shape index (κ2) is 5.31. The van der Waals surface area contributed by atoms with E-state index in [4.69, 9.17) is 0 Å². The summed E-state index contributed by atoms with van der Waals surface area (Å²) in [4.78, 5) is 2.51. The van der Waals surface area contributed by atoms with Crippen LogP contribution >= 0.6 is 0 Å². The maximum Gasteiger partial charge on any atom is 0.0373 e. The quantitative estimate of drug-likeness (QED) is 0.860. The Morgan fingerprint density at radius 1 is 1.28 bits per heavy atom. The summed E-state index contributed by atoms with van der Waals surface area (Å²) in [6, 6.07) is 9.33. The minimum atomic E-state index is 0.369. The number of anilines is 1. The van der Waals surface area contributed by atoms with Gasteiger partial charge in [0.2, 0.25) is 0 Å². The molecule has 0 saturated carbocycles. The highest BCUT2D eigenvalue weighted by Gasteiger charge is 2.22. The lowest BCUT2D eigenvalue weighted by atomic mass is 9.95. The molecule has 100 valence electrons. The van der Waals surface area contributed by atoms with E-state index in [-0.39, 0.29) is 0 Å². The van der Waals surface area contributed by atoms with Gasteiger partial charge in [0, 0.05) is 24.8 Å². The Labute approximate surface area is 111 Å². The number of hydrogen-bond donors (Lipinski definition) is 1. The van der Waals surface area contributed by atoms with Crippen LogP contribution in [0, 0.1) is 5.41 Å². The minimum absolute atomic E-state index is 0.369. The predicted octanol–water partition coefficient (Wildman–Crippen LogP) is 3.39. The van der Waals surface area contributed by atoms with Crippen molar-refractivity contribution in [1.82, 2.24) is 4.90 Å². The van der Waals surface area contributed by atoms with Crippen molar-refractivity contribution in [3.63, 3.8) is 0 Å². The van der Waals surface area contributed by atoms with Gasteiger partial charge >= 0.3 is 0 Å². The number of fused-ring (bicyclic) bond motifs is 1. The highest BCUT2D eigenvalue weighted by Crippen LogP contribution is 2.24. The van der Waals surface area contributed by atoms with Gasteiger partial charge in [0.15, 0.2) is 0 Å². The zero-order chi connectivity index (χ0) is 13.2. The molecule has 1 aliphatic rings. The number of para-hydroxylation sites is 1. The molecule has 0 aliphatic carbocycles. The van der Waals surface area contributed by atoms with Gasteiger partial charge < -0.3 is 10.2 Å². The fourth-order valence-electron chi connectivity index (χ4n) is 2.82. The number of benzene rings is 1. The van der Waals surface area contributed by atoms with Crippen molar-refractivity contribution in [2.24, 2.45) is 5.41 Å². The third-order valence-electron chi connectivity index (χ3n) is 3.64. The Kier molecular flexibility index (Phi) is 3.96. The van der Waals surface area contributed by atoms with Crippen molar-refractivity contribution in [1.29, 1.82) is 0 Å². The second-order valence-electron chi connectivity index (χ2n) is 6.71. The number of likely N-dealkylation sites (N-methyl/N-ethyl adjacent to an activating group) is 1. The van der Waals surface area contributed by atoms with Crippen molar-refractivity contribution in [3.05, 3.63) is 29.8 Å². The summed E-state index contributed by atoms with van der Waals surface area (Å²) in [5.41, 5.74) is 3.15. The first kappa shape index (κ1) is 13.4. The van der Waals surface area contributed by atoms with E-state index >= 15 is 0 Å². The lowest BCUT2D eigenvalue weighted by Crippen LogP contribution is -2.41. The van der Waals surface area contributed by atoms with E-state index in [9.17, 15) is 0 Å². The van der Waals surface area contributed by atoms with E-state index in [1.807, 2.05) is 0 Å². The molecule has 0 radical (unpaired) electrons. The van der Waals surface area contributed by atoms with E-state index in [2.05, 4.69) is 62.3 Å². The van der Waals surface area contributed by atoms with Crippen LogP contribution in [-0.2, 0) is 6.42 Å². The van der Waals surface area contributed by atoms with Gasteiger partial charge in [0.25, 0.3) is 0 Å². The maximum absolute atomic E-state index is 3.60. The molecule has 18 heavy (non-hydrogen) atoms. The first-order valence-electron chi connectivity index (χ1n) is 6.98. The molecule has 0 fully saturated rings. The molecule has 0 spiro atoms. The van der Waals surface area contributed by atoms with Crippen LogP contribution in [0.4, 0.5) is 5.69 Å². The topological polar surface area (TPSA) is 15.3 Å². The molecule has 1 aliphatic heterocycles. The van der Waals surface area contributed by atoms with Crippen molar-refractivity contribution in [2.45, 2.75) is 39.7 Å². The van der Waals surface area contributed by atoms with Crippen LogP contribution < -0.4 is 5.32 Å². The summed E-state index contributed by atoms with van der Waals surface area (Å²) in [5, 5.41) is 3.60. The summed E-state index contributed by atoms with van der Waals surface area (Å²) < 4.78 is 0. The highest BCUT2D eigenvalue weighted by molar-refractivity contribution is 5.52. The molecule has 1 N–H and O–H groups in total. The predicted molar refractivity (Wildman–Crippen MR) is 79.1 cm³/mol. The van der Waals surface area contributed by atoms with Gasteiger partial charge in [-0.3, -0.25) is 0 Å². The number of aryl methyl sites for hydroxylation is 1. The van der Waals surface area contributed by atoms with E-state index in [1.165, 1.54) is 24.1 Å². The zero-order valence-corrected chi connectivity index (χ0v) is 12.2. The zero-order valence-electron chi connectivity index (χ0n) is 12.2. The van der Waals surface area contributed by atoms with Crippen molar-refractivity contribution in [3.8, 4) is 0 Å². The SMILES string of the molecule is CN(CC(C)(C)C)C1CCc2ccccc2NC1. The van der Waals surface area contributed by atoms with Gasteiger partial charge in [0.1, 0.15) is 0 Å². The van der Waals surface area contributed by atoms with Crippen LogP contribution in [0.5, 0.6) is 0 Å². The Morgan fingerprint density at radius 3 is 2.72 bits per heavy atom. The van der Waals surface area contributed by atoms with Gasteiger partial charge in [-0.1, -0.05) is 39.0 Å². The summed E-state index contributed by atoms with van der Waals surface area (Å²) >= 11 is 0. The van der Waals surface area contributed by atoms with Crippen LogP contribution in [0.3, 0.4) is 0 Å². The standard InChI is InChI=1S/C16H26N2/c1-16(2,3)12-18(4)14-10-9-13-7-5-6-8-15(13)17-11-14/h5-8,14,17H,9-12H2,1-4H3. The third kappa shape index (κ3) is 3.49. The first-order chi connectivity index (χ1) is 8.46. The van der Waals surface area contributed by atoms with Crippen LogP contribution in [0.2, 0.25) is 0 Å². The van der Waals surface area contributed by atoms with E-state index in [0.29, 0.717) is 11.5 Å². The van der Waals surface area contributed by atoms with Crippen molar-refractivity contribution in [2.75, 3.05) is 25.5 Å². The molecule has 1 heterocycles. The summed E-state index contributed by atoms with van der Waals surface area (Å²) in [6.07, 6.45) is 2.43. The lowest BCUT2D eigenvalue weighted by molar-refractivity contribution is 0.172. The number of hydrogen-bond acceptors (Lipinski definition) is 2. The molecule has 1 unspecified atom stereocenters. The molecule has 2 nitrogen and oxygen atoms in total. The number of rotatable bonds is 2. The van der Waals surface area contributed by atoms with Crippen LogP contribution in [-0.4, -0.2) is 31.1 Å². The molecule has 1 atom stereocenters. The molecule has 0 saturated heterocycles. The molecule has 1 aromatic rings. The summed E-state index contributed by atoms with van der Waals surface area (Å²) in [5.74, 6) is 0. The van der Waals surface area contributed by atoms with Gasteiger partial charge in [-0.05, 0) is 36.9 Å². The van der Waals surface area contributed by atoms with Crippen LogP contribution in [0.1, 0.15) is 32.8 Å². The molecular formula is C16H26N2. The molecule has 2 heteroatoms. The van der Waals surface area contributed by atoms with E-state index in [1.54, 1.807) is 0 Å². The van der Waals surface area contributed by atoms with Gasteiger partial charge in [0.05, 0.1) is 0 Å². The summed E-state index contributed by atoms with van der Waals surface area (Å²) in [6.45, 7) is 9.13. The third-order valence-corrected chi connectivity index (χ3v) is 3.64. The van der Waals surface area contributed by atoms with E-state index in [0.717, 1.165) is 13.1 Å². The number of nitrogens with one attached hydrogen (secondary N) is 1. The van der Waals surface area contributed by atoms with Gasteiger partial charge in [-0.15, -0.1) is 0 Å². The Bertz CT molecular complexity index is 365. The van der Waals surface area contributed by atoms with Crippen molar-refractivity contribution >= 4 is 5.69 Å². The number of nitrogens with zero attached hydrogens (tertiary/aromatic N) is 1. The summed E-state index contributed by atoms with van der Waals surface area (Å²) in [7, 11) is 2.26. The average Bonchev–Trinajstić information content (AvgIpc) is 2.49. The molecule has 1 aromatic carbocycles. The molecule has 0 amide bonds. The fourth-order valence-corrected chi connectivity index (χ4v) is 2.82. The fraction of sp³-hybridized carbons (Fsp3) is 0.625. The normalized spacial score (nSPS) is 20.2. The highest BCUT2D eigenvalue weighted by atomic mass is 15.2. The Hall–Kier alpha value is -1.02. The van der Waals surface area contributed by atoms with Crippen LogP contribution in [0.25, 0.3) is 0 Å². The molecule has 0 aromatic heterocycles. The molecular weight excluding hydrogens is 220 g/mol. The Balaban J connectivity index is 1.99. The van der Waals surface area contributed by atoms with Gasteiger partial charge in [-0.25, -0.2) is 0 Å². The van der Waals surface area contributed by atoms with Gasteiger partial charge in [-0.2, -0.15) is 0 Å². The first-order valence-corrected chi connectivity index (χ1v) is 6.98. The smallest absolute Gasteiger partial charge is 0.0373 e. The minimum Gasteiger partial charge on any atom is -0.383 e. The largest absolute Gasteiger partial charge is 0.383 e. The van der Waals surface area contributed by atoms with E-state index < -0.39 is 0 Å². The van der Waals surface area contributed by atoms with Crippen LogP contribution in [0.15, 0.2) is 24.3 Å².